The second kappa shape index (κ2) is 11.2. The van der Waals surface area contributed by atoms with Crippen molar-refractivity contribution in [3.63, 3.8) is 0 Å². The molecule has 0 spiro atoms. The van der Waals surface area contributed by atoms with Crippen LogP contribution in [-0.2, 0) is 7.05 Å². The molecule has 33 heavy (non-hydrogen) atoms. The van der Waals surface area contributed by atoms with Crippen molar-refractivity contribution in [2.75, 3.05) is 23.3 Å². The van der Waals surface area contributed by atoms with Crippen molar-refractivity contribution >= 4 is 60.8 Å². The average Bonchev–Trinajstić information content (AvgIpc) is 3.18. The third-order valence-electron chi connectivity index (χ3n) is 5.19. The number of hydrogen-bond acceptors (Lipinski definition) is 6. The van der Waals surface area contributed by atoms with E-state index in [1.165, 1.54) is 10.4 Å². The fourth-order valence-corrected chi connectivity index (χ4v) is 4.77. The van der Waals surface area contributed by atoms with Crippen molar-refractivity contribution in [1.82, 2.24) is 4.57 Å². The fraction of sp³-hybridized carbons (Fsp3) is 0.200. The lowest BCUT2D eigenvalue weighted by Crippen LogP contribution is -2.24. The Bertz CT molecular complexity index is 1320. The minimum atomic E-state index is 0.790. The van der Waals surface area contributed by atoms with Crippen LogP contribution < -0.4 is 9.70 Å². The number of aryl methyl sites for hydroxylation is 1. The molecule has 3 aromatic carbocycles. The molecule has 1 heterocycles. The summed E-state index contributed by atoms with van der Waals surface area (Å²) in [5.41, 5.74) is 4.92. The Morgan fingerprint density at radius 1 is 0.939 bits per heavy atom. The van der Waals surface area contributed by atoms with Gasteiger partial charge in [-0.15, -0.1) is 5.10 Å². The Hall–Kier alpha value is -3.10. The molecule has 0 aliphatic carbocycles. The normalized spacial score (nSPS) is 12.4. The topological polar surface area (TPSA) is 57.6 Å². The van der Waals surface area contributed by atoms with Gasteiger partial charge in [-0.3, -0.25) is 0 Å². The number of aromatic nitrogens is 1. The van der Waals surface area contributed by atoms with Crippen molar-refractivity contribution in [3.8, 4) is 0 Å². The predicted octanol–water partition coefficient (Wildman–Crippen LogP) is 6.81. The number of azo groups is 1. The number of anilines is 1. The van der Waals surface area contributed by atoms with Gasteiger partial charge in [0.15, 0.2) is 0 Å². The van der Waals surface area contributed by atoms with Gasteiger partial charge in [0, 0.05) is 31.2 Å². The van der Waals surface area contributed by atoms with E-state index < -0.39 is 0 Å². The molecule has 0 radical (unpaired) electrons. The number of para-hydroxylation sites is 1. The SMILES string of the molecule is CCN(CCBr)c1ccc(/N=N/c2ccc(/C=N/N=c3\sc4ccccc4n3C)cc2)cc1. The van der Waals surface area contributed by atoms with Crippen LogP contribution in [0.1, 0.15) is 12.5 Å². The lowest BCUT2D eigenvalue weighted by molar-refractivity contribution is 0.875. The minimum absolute atomic E-state index is 0.790. The monoisotopic (exact) mass is 520 g/mol. The number of nitrogens with zero attached hydrogens (tertiary/aromatic N) is 6. The highest BCUT2D eigenvalue weighted by molar-refractivity contribution is 9.09. The summed E-state index contributed by atoms with van der Waals surface area (Å²) in [7, 11) is 2.00. The second-order valence-electron chi connectivity index (χ2n) is 7.33. The van der Waals surface area contributed by atoms with Crippen LogP contribution in [-0.4, -0.2) is 29.2 Å². The van der Waals surface area contributed by atoms with Crippen molar-refractivity contribution < 1.29 is 0 Å². The van der Waals surface area contributed by atoms with E-state index in [9.17, 15) is 0 Å². The number of rotatable bonds is 8. The first-order valence-electron chi connectivity index (χ1n) is 10.7. The van der Waals surface area contributed by atoms with E-state index in [-0.39, 0.29) is 0 Å². The molecular formula is C25H25BrN6S. The van der Waals surface area contributed by atoms with E-state index in [1.807, 2.05) is 55.6 Å². The second-order valence-corrected chi connectivity index (χ2v) is 9.13. The zero-order valence-corrected chi connectivity index (χ0v) is 21.0. The quantitative estimate of drug-likeness (QED) is 0.109. The van der Waals surface area contributed by atoms with Gasteiger partial charge >= 0.3 is 0 Å². The highest BCUT2D eigenvalue weighted by Crippen LogP contribution is 2.22. The Kier molecular flexibility index (Phi) is 7.80. The lowest BCUT2D eigenvalue weighted by Gasteiger charge is -2.21. The molecule has 0 aliphatic heterocycles. The molecule has 0 saturated heterocycles. The number of benzene rings is 3. The van der Waals surface area contributed by atoms with Crippen LogP contribution in [0.4, 0.5) is 17.1 Å². The molecule has 4 aromatic rings. The molecule has 0 amide bonds. The first-order chi connectivity index (χ1) is 16.2. The van der Waals surface area contributed by atoms with Gasteiger partial charge in [-0.05, 0) is 61.0 Å². The maximum atomic E-state index is 4.38. The van der Waals surface area contributed by atoms with E-state index in [0.717, 1.165) is 45.7 Å². The first kappa shape index (κ1) is 23.1. The van der Waals surface area contributed by atoms with Crippen LogP contribution in [0.5, 0.6) is 0 Å². The van der Waals surface area contributed by atoms with Crippen molar-refractivity contribution in [3.05, 3.63) is 83.2 Å². The Balaban J connectivity index is 1.41. The maximum Gasteiger partial charge on any atom is 0.211 e. The van der Waals surface area contributed by atoms with E-state index >= 15 is 0 Å². The summed E-state index contributed by atoms with van der Waals surface area (Å²) in [4.78, 5) is 3.17. The van der Waals surface area contributed by atoms with Gasteiger partial charge in [-0.25, -0.2) is 0 Å². The van der Waals surface area contributed by atoms with Crippen LogP contribution in [0.3, 0.4) is 0 Å². The molecule has 8 heteroatoms. The number of fused-ring (bicyclic) bond motifs is 1. The molecule has 0 atom stereocenters. The maximum absolute atomic E-state index is 4.38. The third kappa shape index (κ3) is 5.83. The Labute approximate surface area is 205 Å². The number of alkyl halides is 1. The van der Waals surface area contributed by atoms with Gasteiger partial charge in [0.05, 0.1) is 27.8 Å². The van der Waals surface area contributed by atoms with Crippen LogP contribution in [0.25, 0.3) is 10.2 Å². The van der Waals surface area contributed by atoms with Gasteiger partial charge in [-0.1, -0.05) is 51.5 Å². The summed E-state index contributed by atoms with van der Waals surface area (Å²) in [6, 6.07) is 24.2. The molecule has 4 rings (SSSR count). The van der Waals surface area contributed by atoms with Crippen molar-refractivity contribution in [2.45, 2.75) is 6.92 Å². The highest BCUT2D eigenvalue weighted by Gasteiger charge is 2.03. The molecule has 6 nitrogen and oxygen atoms in total. The van der Waals surface area contributed by atoms with E-state index in [4.69, 9.17) is 0 Å². The molecule has 0 fully saturated rings. The summed E-state index contributed by atoms with van der Waals surface area (Å²) in [5.74, 6) is 0. The number of halogens is 1. The van der Waals surface area contributed by atoms with Gasteiger partial charge in [0.25, 0.3) is 0 Å². The molecular weight excluding hydrogens is 496 g/mol. The number of hydrogen-bond donors (Lipinski definition) is 0. The lowest BCUT2D eigenvalue weighted by atomic mass is 10.2. The fourth-order valence-electron chi connectivity index (χ4n) is 3.37. The van der Waals surface area contributed by atoms with E-state index in [0.29, 0.717) is 0 Å². The van der Waals surface area contributed by atoms with E-state index in [2.05, 4.69) is 77.0 Å². The summed E-state index contributed by atoms with van der Waals surface area (Å²) in [6.07, 6.45) is 1.75. The average molecular weight is 521 g/mol. The van der Waals surface area contributed by atoms with Gasteiger partial charge in [0.1, 0.15) is 0 Å². The largest absolute Gasteiger partial charge is 0.371 e. The molecule has 0 bridgehead atoms. The van der Waals surface area contributed by atoms with Gasteiger partial charge in [-0.2, -0.15) is 15.3 Å². The first-order valence-corrected chi connectivity index (χ1v) is 12.7. The predicted molar refractivity (Wildman–Crippen MR) is 143 cm³/mol. The van der Waals surface area contributed by atoms with E-state index in [1.54, 1.807) is 17.6 Å². The molecule has 0 N–H and O–H groups in total. The third-order valence-corrected chi connectivity index (χ3v) is 6.65. The zero-order valence-electron chi connectivity index (χ0n) is 18.6. The molecule has 0 unspecified atom stereocenters. The molecule has 168 valence electrons. The van der Waals surface area contributed by atoms with Crippen molar-refractivity contribution in [1.29, 1.82) is 0 Å². The standard InChI is InChI=1S/C25H25BrN6S/c1-3-32(17-16-26)22-14-12-21(13-15-22)29-28-20-10-8-19(9-11-20)18-27-30-25-31(2)23-6-4-5-7-24(23)33-25/h4-15,18H,3,16-17H2,1-2H3/b27-18+,29-28+,30-25-. The summed E-state index contributed by atoms with van der Waals surface area (Å²) in [6.45, 7) is 4.10. The van der Waals surface area contributed by atoms with Gasteiger partial charge < -0.3 is 9.47 Å². The smallest absolute Gasteiger partial charge is 0.211 e. The molecule has 0 saturated carbocycles. The summed E-state index contributed by atoms with van der Waals surface area (Å²) < 4.78 is 3.24. The van der Waals surface area contributed by atoms with Crippen LogP contribution in [0, 0.1) is 0 Å². The zero-order chi connectivity index (χ0) is 23.0. The van der Waals surface area contributed by atoms with Crippen LogP contribution in [0.2, 0.25) is 0 Å². The van der Waals surface area contributed by atoms with Crippen LogP contribution in [0.15, 0.2) is 93.2 Å². The molecule has 0 aliphatic rings. The minimum Gasteiger partial charge on any atom is -0.371 e. The van der Waals surface area contributed by atoms with Crippen molar-refractivity contribution in [2.24, 2.45) is 27.5 Å². The molecule has 1 aromatic heterocycles. The van der Waals surface area contributed by atoms with Crippen LogP contribution >= 0.6 is 27.3 Å². The Morgan fingerprint density at radius 2 is 1.61 bits per heavy atom. The number of thiazole rings is 1. The summed E-state index contributed by atoms with van der Waals surface area (Å²) in [5, 5.41) is 18.3. The van der Waals surface area contributed by atoms with Gasteiger partial charge in [0.2, 0.25) is 4.80 Å². The Morgan fingerprint density at radius 3 is 2.24 bits per heavy atom. The summed E-state index contributed by atoms with van der Waals surface area (Å²) >= 11 is 5.13. The highest BCUT2D eigenvalue weighted by atomic mass is 79.9.